The summed E-state index contributed by atoms with van der Waals surface area (Å²) in [5.74, 6) is 1.04. The lowest BCUT2D eigenvalue weighted by molar-refractivity contribution is -0.131. The summed E-state index contributed by atoms with van der Waals surface area (Å²) >= 11 is 0. The van der Waals surface area contributed by atoms with Crippen LogP contribution in [0.1, 0.15) is 11.5 Å². The summed E-state index contributed by atoms with van der Waals surface area (Å²) in [6, 6.07) is 19.9. The number of nitrogens with two attached hydrogens (primary N) is 1. The smallest absolute Gasteiger partial charge is 0.246 e. The van der Waals surface area contributed by atoms with E-state index in [1.807, 2.05) is 53.4 Å². The van der Waals surface area contributed by atoms with Gasteiger partial charge in [0.1, 0.15) is 6.54 Å². The fraction of sp³-hybridized carbons (Fsp3) is 0.300. The number of likely N-dealkylation sites (tertiary alicyclic amines) is 1. The minimum Gasteiger partial charge on any atom is -0.340 e. The molecule has 1 amide bonds. The molecule has 0 radical (unpaired) electrons. The summed E-state index contributed by atoms with van der Waals surface area (Å²) in [6.07, 6.45) is 0. The molecule has 2 atom stereocenters. The number of hydrogen-bond donors (Lipinski definition) is 1. The number of hydrogen-bond acceptors (Lipinski definition) is 5. The Bertz CT molecular complexity index is 895. The number of aromatic nitrogens is 4. The zero-order valence-electron chi connectivity index (χ0n) is 15.0. The van der Waals surface area contributed by atoms with Crippen LogP contribution in [0.15, 0.2) is 60.7 Å². The molecule has 0 spiro atoms. The summed E-state index contributed by atoms with van der Waals surface area (Å²) in [5.41, 5.74) is 8.08. The molecule has 1 fully saturated rings. The second kappa shape index (κ2) is 7.67. The standard InChI is InChI=1S/C20H22N6O/c21-11-17-12-25(13-18(17)15-7-3-1-4-8-15)19(27)14-26-23-20(22-24-26)16-9-5-2-6-10-16/h1-10,17-18H,11-14,21H2/t17-,18+/m1/s1. The van der Waals surface area contributed by atoms with E-state index in [0.29, 0.717) is 25.5 Å². The molecule has 0 aliphatic carbocycles. The summed E-state index contributed by atoms with van der Waals surface area (Å²) in [6.45, 7) is 1.97. The van der Waals surface area contributed by atoms with Crippen molar-refractivity contribution in [2.75, 3.05) is 19.6 Å². The average Bonchev–Trinajstić information content (AvgIpc) is 3.36. The fourth-order valence-corrected chi connectivity index (χ4v) is 3.63. The number of nitrogens with zero attached hydrogens (tertiary/aromatic N) is 5. The molecule has 3 aromatic rings. The molecule has 2 aromatic carbocycles. The maximum Gasteiger partial charge on any atom is 0.246 e. The van der Waals surface area contributed by atoms with E-state index in [0.717, 1.165) is 5.56 Å². The largest absolute Gasteiger partial charge is 0.340 e. The van der Waals surface area contributed by atoms with Crippen molar-refractivity contribution in [3.63, 3.8) is 0 Å². The molecular formula is C20H22N6O. The van der Waals surface area contributed by atoms with Crippen LogP contribution in [0.5, 0.6) is 0 Å². The van der Waals surface area contributed by atoms with Crippen LogP contribution < -0.4 is 5.73 Å². The molecule has 1 aliphatic heterocycles. The minimum atomic E-state index is -0.0103. The van der Waals surface area contributed by atoms with Crippen LogP contribution in [0.3, 0.4) is 0 Å². The van der Waals surface area contributed by atoms with Crippen LogP contribution in [0, 0.1) is 5.92 Å². The quantitative estimate of drug-likeness (QED) is 0.744. The Labute approximate surface area is 157 Å². The number of carbonyl (C=O) groups is 1. The zero-order valence-corrected chi connectivity index (χ0v) is 15.0. The molecule has 7 heteroatoms. The van der Waals surface area contributed by atoms with Gasteiger partial charge in [-0.2, -0.15) is 4.80 Å². The molecule has 2 heterocycles. The molecule has 27 heavy (non-hydrogen) atoms. The van der Waals surface area contributed by atoms with Crippen LogP contribution in [0.2, 0.25) is 0 Å². The minimum absolute atomic E-state index is 0.0103. The summed E-state index contributed by atoms with van der Waals surface area (Å²) < 4.78 is 0. The second-order valence-electron chi connectivity index (χ2n) is 6.82. The van der Waals surface area contributed by atoms with Crippen molar-refractivity contribution >= 4 is 5.91 Å². The highest BCUT2D eigenvalue weighted by Crippen LogP contribution is 2.32. The van der Waals surface area contributed by atoms with Crippen molar-refractivity contribution in [1.82, 2.24) is 25.1 Å². The Hall–Kier alpha value is -3.06. The molecule has 0 unspecified atom stereocenters. The highest BCUT2D eigenvalue weighted by Gasteiger charge is 2.35. The van der Waals surface area contributed by atoms with E-state index in [1.165, 1.54) is 10.4 Å². The van der Waals surface area contributed by atoms with E-state index in [9.17, 15) is 4.79 Å². The van der Waals surface area contributed by atoms with Crippen LogP contribution >= 0.6 is 0 Å². The van der Waals surface area contributed by atoms with Gasteiger partial charge in [-0.3, -0.25) is 4.79 Å². The maximum absolute atomic E-state index is 12.8. The second-order valence-corrected chi connectivity index (χ2v) is 6.82. The lowest BCUT2D eigenvalue weighted by Crippen LogP contribution is -2.33. The normalized spacial score (nSPS) is 19.4. The van der Waals surface area contributed by atoms with Gasteiger partial charge in [-0.05, 0) is 23.2 Å². The van der Waals surface area contributed by atoms with Gasteiger partial charge in [0.25, 0.3) is 0 Å². The fourth-order valence-electron chi connectivity index (χ4n) is 3.63. The van der Waals surface area contributed by atoms with E-state index in [-0.39, 0.29) is 24.3 Å². The third-order valence-corrected chi connectivity index (χ3v) is 5.09. The molecule has 1 aliphatic rings. The van der Waals surface area contributed by atoms with Gasteiger partial charge >= 0.3 is 0 Å². The van der Waals surface area contributed by atoms with Crippen LogP contribution in [-0.4, -0.2) is 50.6 Å². The molecule has 0 saturated carbocycles. The summed E-state index contributed by atoms with van der Waals surface area (Å²) in [4.78, 5) is 16.0. The van der Waals surface area contributed by atoms with E-state index in [4.69, 9.17) is 5.73 Å². The van der Waals surface area contributed by atoms with Gasteiger partial charge in [0.2, 0.25) is 11.7 Å². The molecule has 138 valence electrons. The first kappa shape index (κ1) is 17.4. The molecule has 1 saturated heterocycles. The van der Waals surface area contributed by atoms with Gasteiger partial charge in [0.15, 0.2) is 0 Å². The van der Waals surface area contributed by atoms with Gasteiger partial charge in [-0.25, -0.2) is 0 Å². The molecule has 2 N–H and O–H groups in total. The molecule has 0 bridgehead atoms. The number of carbonyl (C=O) groups excluding carboxylic acids is 1. The van der Waals surface area contributed by atoms with Gasteiger partial charge in [0.05, 0.1) is 0 Å². The third-order valence-electron chi connectivity index (χ3n) is 5.09. The van der Waals surface area contributed by atoms with Gasteiger partial charge in [-0.15, -0.1) is 10.2 Å². The first-order valence-electron chi connectivity index (χ1n) is 9.10. The van der Waals surface area contributed by atoms with Gasteiger partial charge < -0.3 is 10.6 Å². The molecule has 1 aromatic heterocycles. The average molecular weight is 362 g/mol. The molecule has 7 nitrogen and oxygen atoms in total. The Balaban J connectivity index is 1.44. The van der Waals surface area contributed by atoms with Crippen LogP contribution in [-0.2, 0) is 11.3 Å². The Morgan fingerprint density at radius 3 is 2.44 bits per heavy atom. The Kier molecular flexibility index (Phi) is 4.93. The van der Waals surface area contributed by atoms with Crippen molar-refractivity contribution in [3.8, 4) is 11.4 Å². The predicted octanol–water partition coefficient (Wildman–Crippen LogP) is 1.54. The van der Waals surface area contributed by atoms with Gasteiger partial charge in [-0.1, -0.05) is 60.7 Å². The summed E-state index contributed by atoms with van der Waals surface area (Å²) in [7, 11) is 0. The highest BCUT2D eigenvalue weighted by atomic mass is 16.2. The van der Waals surface area contributed by atoms with E-state index < -0.39 is 0 Å². The van der Waals surface area contributed by atoms with Crippen molar-refractivity contribution in [3.05, 3.63) is 66.2 Å². The van der Waals surface area contributed by atoms with Crippen molar-refractivity contribution in [1.29, 1.82) is 0 Å². The van der Waals surface area contributed by atoms with E-state index >= 15 is 0 Å². The molecular weight excluding hydrogens is 340 g/mol. The Morgan fingerprint density at radius 2 is 1.74 bits per heavy atom. The van der Waals surface area contributed by atoms with Crippen molar-refractivity contribution < 1.29 is 4.79 Å². The number of amides is 1. The number of benzene rings is 2. The first-order chi connectivity index (χ1) is 13.2. The van der Waals surface area contributed by atoms with E-state index in [2.05, 4.69) is 27.5 Å². The zero-order chi connectivity index (χ0) is 18.6. The Morgan fingerprint density at radius 1 is 1.04 bits per heavy atom. The lowest BCUT2D eigenvalue weighted by atomic mass is 9.89. The third kappa shape index (κ3) is 3.73. The topological polar surface area (TPSA) is 89.9 Å². The van der Waals surface area contributed by atoms with Gasteiger partial charge in [0, 0.05) is 24.6 Å². The van der Waals surface area contributed by atoms with Crippen LogP contribution in [0.4, 0.5) is 0 Å². The summed E-state index contributed by atoms with van der Waals surface area (Å²) in [5, 5.41) is 12.4. The lowest BCUT2D eigenvalue weighted by Gasteiger charge is -2.16. The maximum atomic E-state index is 12.8. The SMILES string of the molecule is NC[C@@H]1CN(C(=O)Cn2nnc(-c3ccccc3)n2)C[C@H]1c1ccccc1. The van der Waals surface area contributed by atoms with Crippen LogP contribution in [0.25, 0.3) is 11.4 Å². The molecule has 4 rings (SSSR count). The van der Waals surface area contributed by atoms with E-state index in [1.54, 1.807) is 0 Å². The number of tetrazole rings is 1. The van der Waals surface area contributed by atoms with Crippen molar-refractivity contribution in [2.45, 2.75) is 12.5 Å². The van der Waals surface area contributed by atoms with Crippen molar-refractivity contribution in [2.24, 2.45) is 11.7 Å². The highest BCUT2D eigenvalue weighted by molar-refractivity contribution is 5.76. The number of rotatable bonds is 5. The first-order valence-corrected chi connectivity index (χ1v) is 9.10. The predicted molar refractivity (Wildman–Crippen MR) is 102 cm³/mol. The monoisotopic (exact) mass is 362 g/mol.